The summed E-state index contributed by atoms with van der Waals surface area (Å²) in [6.45, 7) is -0.161. The lowest BCUT2D eigenvalue weighted by molar-refractivity contribution is -0.386. The third kappa shape index (κ3) is 3.51. The molecule has 0 atom stereocenters. The number of nitro groups is 1. The van der Waals surface area contributed by atoms with E-state index in [4.69, 9.17) is 10.5 Å². The minimum atomic E-state index is -0.641. The summed E-state index contributed by atoms with van der Waals surface area (Å²) in [6.07, 6.45) is 0. The fourth-order valence-electron chi connectivity index (χ4n) is 1.76. The quantitative estimate of drug-likeness (QED) is 0.679. The summed E-state index contributed by atoms with van der Waals surface area (Å²) in [5.41, 5.74) is 5.70. The smallest absolute Gasteiger partial charge is 0.311 e. The summed E-state index contributed by atoms with van der Waals surface area (Å²) < 4.78 is 31.7. The summed E-state index contributed by atoms with van der Waals surface area (Å²) in [5, 5.41) is 11.0. The highest BCUT2D eigenvalue weighted by Gasteiger charge is 2.16. The minimum Gasteiger partial charge on any atom is -0.482 e. The molecule has 0 saturated heterocycles. The molecule has 0 aliphatic heterocycles. The van der Waals surface area contributed by atoms with Crippen molar-refractivity contribution >= 4 is 5.69 Å². The molecule has 2 aromatic carbocycles. The highest BCUT2D eigenvalue weighted by Crippen LogP contribution is 2.29. The van der Waals surface area contributed by atoms with E-state index in [0.717, 1.165) is 18.2 Å². The summed E-state index contributed by atoms with van der Waals surface area (Å²) in [4.78, 5) is 10.4. The number of hydrogen-bond donors (Lipinski definition) is 1. The molecule has 0 aromatic heterocycles. The number of nitrogens with two attached hydrogens (primary N) is 1. The van der Waals surface area contributed by atoms with Crippen LogP contribution in [0.1, 0.15) is 11.1 Å². The molecule has 0 radical (unpaired) electrons. The van der Waals surface area contributed by atoms with Gasteiger partial charge in [0.15, 0.2) is 5.75 Å². The lowest BCUT2D eigenvalue weighted by Crippen LogP contribution is -2.03. The molecule has 0 aliphatic carbocycles. The summed E-state index contributed by atoms with van der Waals surface area (Å²) in [6, 6.07) is 7.19. The minimum absolute atomic E-state index is 0.0211. The van der Waals surface area contributed by atoms with Crippen LogP contribution in [0.3, 0.4) is 0 Å². The largest absolute Gasteiger partial charge is 0.482 e. The average Bonchev–Trinajstić information content (AvgIpc) is 2.48. The molecule has 0 spiro atoms. The van der Waals surface area contributed by atoms with Crippen molar-refractivity contribution in [3.05, 3.63) is 69.3 Å². The first-order valence-electron chi connectivity index (χ1n) is 6.05. The molecule has 0 heterocycles. The molecule has 110 valence electrons. The second-order valence-electron chi connectivity index (χ2n) is 4.29. The molecule has 0 fully saturated rings. The molecule has 2 rings (SSSR count). The molecule has 0 aliphatic rings. The predicted molar refractivity (Wildman–Crippen MR) is 71.7 cm³/mol. The number of nitro benzene ring substituents is 1. The summed E-state index contributed by atoms with van der Waals surface area (Å²) in [7, 11) is 0. The van der Waals surface area contributed by atoms with Gasteiger partial charge in [-0.05, 0) is 29.8 Å². The first-order chi connectivity index (χ1) is 10.0. The summed E-state index contributed by atoms with van der Waals surface area (Å²) >= 11 is 0. The van der Waals surface area contributed by atoms with Gasteiger partial charge in [0.25, 0.3) is 0 Å². The van der Waals surface area contributed by atoms with Crippen LogP contribution in [0, 0.1) is 21.7 Å². The van der Waals surface area contributed by atoms with Crippen molar-refractivity contribution in [1.29, 1.82) is 0 Å². The number of hydrogen-bond acceptors (Lipinski definition) is 4. The second-order valence-corrected chi connectivity index (χ2v) is 4.29. The maximum absolute atomic E-state index is 13.5. The SMILES string of the molecule is NCc1ccc(OCc2cc(F)ccc2F)c([N+](=O)[O-])c1. The zero-order valence-electron chi connectivity index (χ0n) is 10.9. The van der Waals surface area contributed by atoms with Gasteiger partial charge >= 0.3 is 5.69 Å². The van der Waals surface area contributed by atoms with E-state index in [-0.39, 0.29) is 30.2 Å². The Labute approximate surface area is 119 Å². The molecule has 2 N–H and O–H groups in total. The number of nitrogens with zero attached hydrogens (tertiary/aromatic N) is 1. The standard InChI is InChI=1S/C14H12F2N2O3/c15-11-2-3-12(16)10(6-11)8-21-14-4-1-9(7-17)5-13(14)18(19)20/h1-6H,7-8,17H2. The van der Waals surface area contributed by atoms with Gasteiger partial charge in [-0.1, -0.05) is 6.07 Å². The van der Waals surface area contributed by atoms with E-state index in [1.54, 1.807) is 6.07 Å². The molecule has 0 amide bonds. The molecule has 2 aromatic rings. The van der Waals surface area contributed by atoms with Crippen molar-refractivity contribution < 1.29 is 18.4 Å². The highest BCUT2D eigenvalue weighted by molar-refractivity contribution is 5.48. The van der Waals surface area contributed by atoms with Gasteiger partial charge in [-0.15, -0.1) is 0 Å². The first-order valence-corrected chi connectivity index (χ1v) is 6.05. The molecule has 5 nitrogen and oxygen atoms in total. The van der Waals surface area contributed by atoms with Crippen LogP contribution in [0.2, 0.25) is 0 Å². The maximum Gasteiger partial charge on any atom is 0.311 e. The fourth-order valence-corrected chi connectivity index (χ4v) is 1.76. The Morgan fingerprint density at radius 1 is 1.19 bits per heavy atom. The Bertz CT molecular complexity index is 677. The normalized spacial score (nSPS) is 10.4. The van der Waals surface area contributed by atoms with Crippen molar-refractivity contribution in [3.63, 3.8) is 0 Å². The van der Waals surface area contributed by atoms with Gasteiger partial charge in [-0.2, -0.15) is 0 Å². The third-order valence-electron chi connectivity index (χ3n) is 2.85. The molecular formula is C14H12F2N2O3. The van der Waals surface area contributed by atoms with Crippen molar-refractivity contribution in [1.82, 2.24) is 0 Å². The fraction of sp³-hybridized carbons (Fsp3) is 0.143. The van der Waals surface area contributed by atoms with E-state index >= 15 is 0 Å². The Hall–Kier alpha value is -2.54. The monoisotopic (exact) mass is 294 g/mol. The predicted octanol–water partition coefficient (Wildman–Crippen LogP) is 2.91. The molecule has 21 heavy (non-hydrogen) atoms. The average molecular weight is 294 g/mol. The van der Waals surface area contributed by atoms with Crippen LogP contribution >= 0.6 is 0 Å². The van der Waals surface area contributed by atoms with Crippen LogP contribution in [0.4, 0.5) is 14.5 Å². The Morgan fingerprint density at radius 3 is 2.62 bits per heavy atom. The van der Waals surface area contributed by atoms with Crippen LogP contribution in [0.25, 0.3) is 0 Å². The first kappa shape index (κ1) is 14.9. The van der Waals surface area contributed by atoms with Crippen molar-refractivity contribution in [2.24, 2.45) is 5.73 Å². The lowest BCUT2D eigenvalue weighted by Gasteiger charge is -2.08. The van der Waals surface area contributed by atoms with E-state index in [1.807, 2.05) is 0 Å². The maximum atomic E-state index is 13.5. The number of benzene rings is 2. The Morgan fingerprint density at radius 2 is 1.95 bits per heavy atom. The summed E-state index contributed by atoms with van der Waals surface area (Å²) in [5.74, 6) is -1.28. The van der Waals surface area contributed by atoms with Gasteiger partial charge in [0, 0.05) is 18.2 Å². The van der Waals surface area contributed by atoms with Gasteiger partial charge in [0.05, 0.1) is 4.92 Å². The van der Waals surface area contributed by atoms with Gasteiger partial charge < -0.3 is 10.5 Å². The van der Waals surface area contributed by atoms with Crippen LogP contribution in [-0.2, 0) is 13.2 Å². The zero-order valence-corrected chi connectivity index (χ0v) is 10.9. The van der Waals surface area contributed by atoms with Gasteiger partial charge in [0.2, 0.25) is 0 Å². The van der Waals surface area contributed by atoms with E-state index in [9.17, 15) is 18.9 Å². The molecule has 7 heteroatoms. The van der Waals surface area contributed by atoms with E-state index in [0.29, 0.717) is 5.56 Å². The molecule has 0 bridgehead atoms. The van der Waals surface area contributed by atoms with E-state index < -0.39 is 16.6 Å². The zero-order chi connectivity index (χ0) is 15.4. The number of rotatable bonds is 5. The van der Waals surface area contributed by atoms with Crippen molar-refractivity contribution in [2.75, 3.05) is 0 Å². The van der Waals surface area contributed by atoms with Gasteiger partial charge in [-0.25, -0.2) is 8.78 Å². The van der Waals surface area contributed by atoms with Crippen LogP contribution in [-0.4, -0.2) is 4.92 Å². The van der Waals surface area contributed by atoms with Crippen molar-refractivity contribution in [3.8, 4) is 5.75 Å². The second kappa shape index (κ2) is 6.27. The van der Waals surface area contributed by atoms with Crippen LogP contribution in [0.5, 0.6) is 5.75 Å². The molecular weight excluding hydrogens is 282 g/mol. The van der Waals surface area contributed by atoms with Crippen LogP contribution in [0.15, 0.2) is 36.4 Å². The molecule has 0 unspecified atom stereocenters. The number of halogens is 2. The Balaban J connectivity index is 2.23. The van der Waals surface area contributed by atoms with E-state index in [2.05, 4.69) is 0 Å². The van der Waals surface area contributed by atoms with Gasteiger partial charge in [0.1, 0.15) is 18.2 Å². The van der Waals surface area contributed by atoms with E-state index in [1.165, 1.54) is 12.1 Å². The lowest BCUT2D eigenvalue weighted by atomic mass is 10.2. The van der Waals surface area contributed by atoms with Crippen LogP contribution < -0.4 is 10.5 Å². The van der Waals surface area contributed by atoms with Gasteiger partial charge in [-0.3, -0.25) is 10.1 Å². The Kier molecular flexibility index (Phi) is 4.44. The number of ether oxygens (including phenoxy) is 1. The molecule has 0 saturated carbocycles. The highest BCUT2D eigenvalue weighted by atomic mass is 19.1. The topological polar surface area (TPSA) is 78.4 Å². The third-order valence-corrected chi connectivity index (χ3v) is 2.85. The van der Waals surface area contributed by atoms with Crippen molar-refractivity contribution in [2.45, 2.75) is 13.2 Å².